The first-order chi connectivity index (χ1) is 9.31. The summed E-state index contributed by atoms with van der Waals surface area (Å²) in [5.41, 5.74) is 0. The van der Waals surface area contributed by atoms with Gasteiger partial charge in [0.1, 0.15) is 9.09 Å². The zero-order chi connectivity index (χ0) is 14.9. The van der Waals surface area contributed by atoms with E-state index in [1.54, 1.807) is 0 Å². The summed E-state index contributed by atoms with van der Waals surface area (Å²) >= 11 is 0.763. The zero-order valence-corrected chi connectivity index (χ0v) is 13.0. The van der Waals surface area contributed by atoms with Crippen LogP contribution in [0.2, 0.25) is 0 Å². The molecular weight excluding hydrogens is 300 g/mol. The number of carboxylic acids is 1. The van der Waals surface area contributed by atoms with E-state index in [-0.39, 0.29) is 15.1 Å². The van der Waals surface area contributed by atoms with Crippen LogP contribution in [-0.2, 0) is 10.0 Å². The minimum Gasteiger partial charge on any atom is -0.477 e. The molecule has 0 amide bonds. The van der Waals surface area contributed by atoms with Gasteiger partial charge in [0.2, 0.25) is 10.0 Å². The van der Waals surface area contributed by atoms with Crippen LogP contribution in [0.1, 0.15) is 29.4 Å². The Labute approximate surface area is 122 Å². The Morgan fingerprint density at radius 3 is 2.70 bits per heavy atom. The monoisotopic (exact) mass is 318 g/mol. The number of sulfonamides is 1. The summed E-state index contributed by atoms with van der Waals surface area (Å²) < 4.78 is 26.7. The van der Waals surface area contributed by atoms with E-state index in [1.165, 1.54) is 25.0 Å². The van der Waals surface area contributed by atoms with Gasteiger partial charge in [-0.2, -0.15) is 0 Å². The third kappa shape index (κ3) is 3.57. The molecule has 1 saturated carbocycles. The van der Waals surface area contributed by atoms with Gasteiger partial charge in [-0.15, -0.1) is 11.3 Å². The summed E-state index contributed by atoms with van der Waals surface area (Å²) in [4.78, 5) is 13.0. The maximum atomic E-state index is 12.1. The average molecular weight is 318 g/mol. The van der Waals surface area contributed by atoms with Gasteiger partial charge in [-0.1, -0.05) is 0 Å². The highest BCUT2D eigenvalue weighted by Gasteiger charge is 2.29. The Morgan fingerprint density at radius 2 is 2.20 bits per heavy atom. The van der Waals surface area contributed by atoms with E-state index >= 15 is 0 Å². The molecule has 2 rings (SSSR count). The number of thiophene rings is 1. The average Bonchev–Trinajstić information content (AvgIpc) is 3.10. The fraction of sp³-hybridized carbons (Fsp3) is 0.583. The lowest BCUT2D eigenvalue weighted by Crippen LogP contribution is -2.40. The van der Waals surface area contributed by atoms with Crippen LogP contribution in [0.25, 0.3) is 0 Å². The second-order valence-corrected chi connectivity index (χ2v) is 8.10. The predicted octanol–water partition coefficient (Wildman–Crippen LogP) is 1.21. The molecule has 1 atom stereocenters. The van der Waals surface area contributed by atoms with Crippen molar-refractivity contribution in [3.05, 3.63) is 17.0 Å². The Morgan fingerprint density at radius 1 is 1.55 bits per heavy atom. The van der Waals surface area contributed by atoms with Crippen molar-refractivity contribution in [3.63, 3.8) is 0 Å². The number of nitrogens with one attached hydrogen (secondary N) is 1. The van der Waals surface area contributed by atoms with E-state index in [2.05, 4.69) is 9.62 Å². The minimum absolute atomic E-state index is 0.0218. The molecule has 1 aromatic heterocycles. The van der Waals surface area contributed by atoms with Gasteiger partial charge in [0.05, 0.1) is 0 Å². The van der Waals surface area contributed by atoms with Crippen molar-refractivity contribution in [1.29, 1.82) is 0 Å². The van der Waals surface area contributed by atoms with E-state index in [1.807, 2.05) is 14.0 Å². The topological polar surface area (TPSA) is 86.7 Å². The van der Waals surface area contributed by atoms with Gasteiger partial charge in [-0.3, -0.25) is 4.90 Å². The van der Waals surface area contributed by atoms with Crippen LogP contribution < -0.4 is 4.72 Å². The van der Waals surface area contributed by atoms with Gasteiger partial charge in [0.15, 0.2) is 0 Å². The molecule has 20 heavy (non-hydrogen) atoms. The molecule has 6 nitrogen and oxygen atoms in total. The maximum Gasteiger partial charge on any atom is 0.345 e. The van der Waals surface area contributed by atoms with Gasteiger partial charge in [0.25, 0.3) is 0 Å². The quantitative estimate of drug-likeness (QED) is 0.789. The third-order valence-corrected chi connectivity index (χ3v) is 6.43. The lowest BCUT2D eigenvalue weighted by molar-refractivity contribution is 0.0702. The highest BCUT2D eigenvalue weighted by molar-refractivity contribution is 7.91. The molecule has 0 bridgehead atoms. The fourth-order valence-electron chi connectivity index (χ4n) is 1.87. The molecular formula is C12H18N2O4S2. The van der Waals surface area contributed by atoms with Gasteiger partial charge in [-0.25, -0.2) is 17.9 Å². The Balaban J connectivity index is 1.97. The zero-order valence-electron chi connectivity index (χ0n) is 11.4. The number of rotatable bonds is 7. The van der Waals surface area contributed by atoms with Crippen molar-refractivity contribution in [1.82, 2.24) is 9.62 Å². The number of aromatic carboxylic acids is 1. The number of nitrogens with zero attached hydrogens (tertiary/aromatic N) is 1. The van der Waals surface area contributed by atoms with Crippen molar-refractivity contribution < 1.29 is 18.3 Å². The fourth-order valence-corrected chi connectivity index (χ4v) is 4.18. The number of carboxylic acid groups (broad SMARTS) is 1. The summed E-state index contributed by atoms with van der Waals surface area (Å²) in [6.07, 6.45) is 2.33. The number of hydrogen-bond donors (Lipinski definition) is 2. The van der Waals surface area contributed by atoms with Crippen LogP contribution in [0.4, 0.5) is 0 Å². The normalized spacial score (nSPS) is 17.4. The van der Waals surface area contributed by atoms with Crippen LogP contribution in [0, 0.1) is 0 Å². The summed E-state index contributed by atoms with van der Waals surface area (Å²) in [7, 11) is -1.64. The van der Waals surface area contributed by atoms with Crippen molar-refractivity contribution >= 4 is 27.3 Å². The second kappa shape index (κ2) is 5.80. The SMILES string of the molecule is CC(CNS(=O)(=O)c1ccc(C(=O)O)s1)N(C)C1CC1. The molecule has 0 saturated heterocycles. The van der Waals surface area contributed by atoms with Gasteiger partial charge in [-0.05, 0) is 38.9 Å². The van der Waals surface area contributed by atoms with Crippen LogP contribution in [0.5, 0.6) is 0 Å². The van der Waals surface area contributed by atoms with E-state index in [0.717, 1.165) is 11.3 Å². The molecule has 8 heteroatoms. The first kappa shape index (κ1) is 15.4. The largest absolute Gasteiger partial charge is 0.477 e. The predicted molar refractivity (Wildman–Crippen MR) is 76.7 cm³/mol. The van der Waals surface area contributed by atoms with E-state index in [9.17, 15) is 13.2 Å². The first-order valence-electron chi connectivity index (χ1n) is 6.36. The Hall–Kier alpha value is -0.960. The summed E-state index contributed by atoms with van der Waals surface area (Å²) in [6.45, 7) is 2.29. The second-order valence-electron chi connectivity index (χ2n) is 5.02. The molecule has 1 heterocycles. The van der Waals surface area contributed by atoms with E-state index in [0.29, 0.717) is 12.6 Å². The van der Waals surface area contributed by atoms with Crippen molar-refractivity contribution in [2.24, 2.45) is 0 Å². The summed E-state index contributed by atoms with van der Waals surface area (Å²) in [5.74, 6) is -1.11. The minimum atomic E-state index is -3.63. The molecule has 0 aromatic carbocycles. The molecule has 0 radical (unpaired) electrons. The van der Waals surface area contributed by atoms with E-state index in [4.69, 9.17) is 5.11 Å². The lowest BCUT2D eigenvalue weighted by atomic mass is 10.3. The van der Waals surface area contributed by atoms with Crippen LogP contribution in [-0.4, -0.2) is 50.1 Å². The van der Waals surface area contributed by atoms with Crippen LogP contribution in [0.15, 0.2) is 16.3 Å². The van der Waals surface area contributed by atoms with Gasteiger partial charge in [0, 0.05) is 18.6 Å². The van der Waals surface area contributed by atoms with Crippen LogP contribution in [0.3, 0.4) is 0 Å². The smallest absolute Gasteiger partial charge is 0.345 e. The summed E-state index contributed by atoms with van der Waals surface area (Å²) in [5, 5.41) is 8.81. The maximum absolute atomic E-state index is 12.1. The molecule has 0 aliphatic heterocycles. The molecule has 1 fully saturated rings. The molecule has 2 N–H and O–H groups in total. The molecule has 0 spiro atoms. The number of hydrogen-bond acceptors (Lipinski definition) is 5. The lowest BCUT2D eigenvalue weighted by Gasteiger charge is -2.24. The highest BCUT2D eigenvalue weighted by Crippen LogP contribution is 2.27. The van der Waals surface area contributed by atoms with Gasteiger partial charge >= 0.3 is 5.97 Å². The standard InChI is InChI=1S/C12H18N2O4S2/c1-8(14(2)9-3-4-9)7-13-20(17,18)11-6-5-10(19-11)12(15)16/h5-6,8-9,13H,3-4,7H2,1-2H3,(H,15,16). The first-order valence-corrected chi connectivity index (χ1v) is 8.66. The van der Waals surface area contributed by atoms with Gasteiger partial charge < -0.3 is 5.11 Å². The summed E-state index contributed by atoms with van der Waals surface area (Å²) in [6, 6.07) is 3.30. The molecule has 112 valence electrons. The number of carbonyl (C=O) groups is 1. The highest BCUT2D eigenvalue weighted by atomic mass is 32.2. The Kier molecular flexibility index (Phi) is 4.48. The van der Waals surface area contributed by atoms with Crippen molar-refractivity contribution in [2.75, 3.05) is 13.6 Å². The Bertz CT molecular complexity index is 592. The molecule has 1 unspecified atom stereocenters. The third-order valence-electron chi connectivity index (χ3n) is 3.44. The number of likely N-dealkylation sites (N-methyl/N-ethyl adjacent to an activating group) is 1. The molecule has 1 aliphatic rings. The molecule has 1 aliphatic carbocycles. The molecule has 1 aromatic rings. The van der Waals surface area contributed by atoms with Crippen LogP contribution >= 0.6 is 11.3 Å². The van der Waals surface area contributed by atoms with E-state index < -0.39 is 16.0 Å². The van der Waals surface area contributed by atoms with Crippen molar-refractivity contribution in [2.45, 2.75) is 36.1 Å². The van der Waals surface area contributed by atoms with Crippen molar-refractivity contribution in [3.8, 4) is 0 Å².